The summed E-state index contributed by atoms with van der Waals surface area (Å²) in [5.74, 6) is 0. The molecule has 0 aliphatic carbocycles. The fraction of sp³-hybridized carbons (Fsp3) is 0.750. The van der Waals surface area contributed by atoms with E-state index in [0.717, 1.165) is 0 Å². The molecule has 60 valence electrons. The Morgan fingerprint density at radius 3 is 1.50 bits per heavy atom. The molecule has 0 saturated heterocycles. The molecule has 0 aliphatic heterocycles. The Hall–Kier alpha value is 1.12. The van der Waals surface area contributed by atoms with Crippen molar-refractivity contribution >= 4 is 63.2 Å². The van der Waals surface area contributed by atoms with Gasteiger partial charge >= 0.3 is 0 Å². The highest BCUT2D eigenvalue weighted by molar-refractivity contribution is 6.82. The fourth-order valence-electron chi connectivity index (χ4n) is 0.173. The maximum atomic E-state index is 10.4. The van der Waals surface area contributed by atoms with Gasteiger partial charge in [0.2, 0.25) is 4.33 Å². The van der Waals surface area contributed by atoms with E-state index in [1.54, 1.807) is 0 Å². The standard InChI is InChI=1S/C4H3Cl5O/c1-3(6,7)4(8,9)2(5)10/h1H3. The molecule has 6 heteroatoms. The van der Waals surface area contributed by atoms with Crippen molar-refractivity contribution in [2.75, 3.05) is 0 Å². The second-order valence-electron chi connectivity index (χ2n) is 1.74. The lowest BCUT2D eigenvalue weighted by molar-refractivity contribution is -0.112. The van der Waals surface area contributed by atoms with Gasteiger partial charge in [-0.2, -0.15) is 0 Å². The Kier molecular flexibility index (Phi) is 3.60. The van der Waals surface area contributed by atoms with Gasteiger partial charge < -0.3 is 0 Å². The zero-order valence-electron chi connectivity index (χ0n) is 4.80. The number of halogens is 5. The van der Waals surface area contributed by atoms with Crippen LogP contribution in [0.15, 0.2) is 0 Å². The van der Waals surface area contributed by atoms with Crippen LogP contribution in [-0.2, 0) is 4.79 Å². The van der Waals surface area contributed by atoms with E-state index in [1.165, 1.54) is 6.92 Å². The average Bonchev–Trinajstić information content (AvgIpc) is 1.62. The van der Waals surface area contributed by atoms with Crippen molar-refractivity contribution < 1.29 is 4.79 Å². The molecule has 0 aliphatic rings. The van der Waals surface area contributed by atoms with E-state index in [1.807, 2.05) is 0 Å². The number of hydrogen-bond donors (Lipinski definition) is 0. The molecule has 0 fully saturated rings. The van der Waals surface area contributed by atoms with Crippen molar-refractivity contribution in [3.63, 3.8) is 0 Å². The van der Waals surface area contributed by atoms with Gasteiger partial charge in [-0.25, -0.2) is 0 Å². The zero-order chi connectivity index (χ0) is 8.58. The Labute approximate surface area is 83.5 Å². The molecule has 0 N–H and O–H groups in total. The first-order valence-electron chi connectivity index (χ1n) is 2.15. The minimum absolute atomic E-state index is 0.997. The predicted octanol–water partition coefficient (Wildman–Crippen LogP) is 3.12. The van der Waals surface area contributed by atoms with Crippen LogP contribution in [0, 0.1) is 0 Å². The first-order valence-corrected chi connectivity index (χ1v) is 4.04. The third kappa shape index (κ3) is 2.31. The summed E-state index contributed by atoms with van der Waals surface area (Å²) in [5.41, 5.74) is 0. The van der Waals surface area contributed by atoms with Gasteiger partial charge in [-0.15, -0.1) is 0 Å². The molecular formula is C4H3Cl5O. The summed E-state index contributed by atoms with van der Waals surface area (Å²) in [5, 5.41) is -0.997. The summed E-state index contributed by atoms with van der Waals surface area (Å²) < 4.78 is -3.55. The molecule has 0 heterocycles. The van der Waals surface area contributed by atoms with Crippen molar-refractivity contribution in [3.8, 4) is 0 Å². The highest BCUT2D eigenvalue weighted by atomic mass is 35.5. The largest absolute Gasteiger partial charge is 0.278 e. The fourth-order valence-corrected chi connectivity index (χ4v) is 0.630. The van der Waals surface area contributed by atoms with E-state index in [4.69, 9.17) is 58.0 Å². The maximum Gasteiger partial charge on any atom is 0.260 e. The molecule has 0 aromatic rings. The van der Waals surface area contributed by atoms with Crippen LogP contribution in [0.2, 0.25) is 0 Å². The predicted molar refractivity (Wildman–Crippen MR) is 45.4 cm³/mol. The minimum Gasteiger partial charge on any atom is -0.278 e. The lowest BCUT2D eigenvalue weighted by Gasteiger charge is -2.24. The van der Waals surface area contributed by atoms with Gasteiger partial charge in [0.15, 0.2) is 4.33 Å². The Morgan fingerprint density at radius 2 is 1.50 bits per heavy atom. The highest BCUT2D eigenvalue weighted by Gasteiger charge is 2.48. The van der Waals surface area contributed by atoms with Crippen LogP contribution in [0.3, 0.4) is 0 Å². The number of alkyl halides is 4. The molecule has 1 nitrogen and oxygen atoms in total. The van der Waals surface area contributed by atoms with Gasteiger partial charge in [-0.1, -0.05) is 46.4 Å². The van der Waals surface area contributed by atoms with Crippen molar-refractivity contribution in [1.82, 2.24) is 0 Å². The quantitative estimate of drug-likeness (QED) is 0.539. The van der Waals surface area contributed by atoms with Crippen molar-refractivity contribution in [2.45, 2.75) is 15.6 Å². The lowest BCUT2D eigenvalue weighted by atomic mass is 10.3. The van der Waals surface area contributed by atoms with E-state index >= 15 is 0 Å². The first kappa shape index (κ1) is 11.1. The van der Waals surface area contributed by atoms with E-state index in [2.05, 4.69) is 0 Å². The summed E-state index contributed by atoms with van der Waals surface area (Å²) in [7, 11) is 0. The molecule has 0 aromatic carbocycles. The van der Waals surface area contributed by atoms with Gasteiger partial charge in [0.25, 0.3) is 5.24 Å². The van der Waals surface area contributed by atoms with E-state index in [9.17, 15) is 4.79 Å². The number of hydrogen-bond acceptors (Lipinski definition) is 1. The van der Waals surface area contributed by atoms with Crippen LogP contribution in [-0.4, -0.2) is 13.9 Å². The Balaban J connectivity index is 4.57. The van der Waals surface area contributed by atoms with Gasteiger partial charge in [0.05, 0.1) is 0 Å². The van der Waals surface area contributed by atoms with Crippen LogP contribution in [0.1, 0.15) is 6.92 Å². The second-order valence-corrected chi connectivity index (χ2v) is 5.11. The molecule has 0 radical (unpaired) electrons. The molecule has 0 aromatic heterocycles. The number of carbonyl (C=O) groups is 1. The zero-order valence-corrected chi connectivity index (χ0v) is 8.58. The lowest BCUT2D eigenvalue weighted by Crippen LogP contribution is -2.38. The van der Waals surface area contributed by atoms with Crippen LogP contribution in [0.4, 0.5) is 0 Å². The van der Waals surface area contributed by atoms with Crippen molar-refractivity contribution in [2.24, 2.45) is 0 Å². The molecule has 0 amide bonds. The molecular weight excluding hydrogens is 241 g/mol. The third-order valence-corrected chi connectivity index (χ3v) is 3.33. The summed E-state index contributed by atoms with van der Waals surface area (Å²) >= 11 is 26.5. The van der Waals surface area contributed by atoms with Gasteiger partial charge in [0.1, 0.15) is 0 Å². The number of rotatable bonds is 2. The van der Waals surface area contributed by atoms with E-state index in [-0.39, 0.29) is 0 Å². The normalized spacial score (nSPS) is 13.4. The molecule has 10 heavy (non-hydrogen) atoms. The molecule has 0 rings (SSSR count). The van der Waals surface area contributed by atoms with Gasteiger partial charge in [-0.3, -0.25) is 4.79 Å². The molecule has 0 saturated carbocycles. The van der Waals surface area contributed by atoms with Crippen LogP contribution >= 0.6 is 58.0 Å². The van der Waals surface area contributed by atoms with E-state index in [0.29, 0.717) is 0 Å². The van der Waals surface area contributed by atoms with Crippen LogP contribution < -0.4 is 0 Å². The molecule has 0 spiro atoms. The van der Waals surface area contributed by atoms with Gasteiger partial charge in [-0.05, 0) is 18.5 Å². The Bertz CT molecular complexity index is 146. The molecule has 0 atom stereocenters. The Morgan fingerprint density at radius 1 is 1.20 bits per heavy atom. The summed E-state index contributed by atoms with van der Waals surface area (Å²) in [4.78, 5) is 10.4. The summed E-state index contributed by atoms with van der Waals surface area (Å²) in [6.07, 6.45) is 0. The molecule has 0 bridgehead atoms. The molecule has 0 unspecified atom stereocenters. The third-order valence-electron chi connectivity index (χ3n) is 0.798. The topological polar surface area (TPSA) is 17.1 Å². The maximum absolute atomic E-state index is 10.4. The van der Waals surface area contributed by atoms with E-state index < -0.39 is 13.9 Å². The van der Waals surface area contributed by atoms with Crippen LogP contribution in [0.5, 0.6) is 0 Å². The minimum atomic E-state index is -1.96. The highest BCUT2D eigenvalue weighted by Crippen LogP contribution is 2.43. The average molecular weight is 244 g/mol. The SMILES string of the molecule is CC(Cl)(Cl)C(Cl)(Cl)C(=O)Cl. The van der Waals surface area contributed by atoms with Gasteiger partial charge in [0, 0.05) is 0 Å². The van der Waals surface area contributed by atoms with Crippen molar-refractivity contribution in [3.05, 3.63) is 0 Å². The van der Waals surface area contributed by atoms with Crippen LogP contribution in [0.25, 0.3) is 0 Å². The number of carbonyl (C=O) groups excluding carboxylic acids is 1. The summed E-state index contributed by atoms with van der Waals surface area (Å²) in [6.45, 7) is 1.27. The smallest absolute Gasteiger partial charge is 0.260 e. The monoisotopic (exact) mass is 242 g/mol. The second kappa shape index (κ2) is 3.24. The summed E-state index contributed by atoms with van der Waals surface area (Å²) in [6, 6.07) is 0. The first-order chi connectivity index (χ1) is 4.19. The van der Waals surface area contributed by atoms with Crippen molar-refractivity contribution in [1.29, 1.82) is 0 Å².